The number of nitrogens with zero attached hydrogens (tertiary/aromatic N) is 2. The van der Waals surface area contributed by atoms with Crippen LogP contribution in [-0.2, 0) is 4.74 Å². The Balaban J connectivity index is 1.68. The molecule has 1 saturated carbocycles. The van der Waals surface area contributed by atoms with Gasteiger partial charge < -0.3 is 4.74 Å². The Kier molecular flexibility index (Phi) is 2.21. The summed E-state index contributed by atoms with van der Waals surface area (Å²) in [5.74, 6) is 1.94. The maximum atomic E-state index is 6.11. The van der Waals surface area contributed by atoms with Crippen molar-refractivity contribution < 1.29 is 4.74 Å². The number of fused-ring (bicyclic) bond motifs is 2. The van der Waals surface area contributed by atoms with E-state index in [-0.39, 0.29) is 0 Å². The van der Waals surface area contributed by atoms with Crippen molar-refractivity contribution in [2.75, 3.05) is 0 Å². The summed E-state index contributed by atoms with van der Waals surface area (Å²) in [4.78, 5) is 9.14. The minimum absolute atomic E-state index is 0.338. The van der Waals surface area contributed by atoms with Gasteiger partial charge in [0.25, 0.3) is 0 Å². The second-order valence-corrected chi connectivity index (χ2v) is 5.85. The van der Waals surface area contributed by atoms with Crippen LogP contribution in [0.2, 0.25) is 5.15 Å². The topological polar surface area (TPSA) is 35.0 Å². The van der Waals surface area contributed by atoms with Crippen molar-refractivity contribution in [3.63, 3.8) is 0 Å². The lowest BCUT2D eigenvalue weighted by Crippen LogP contribution is -2.17. The summed E-state index contributed by atoms with van der Waals surface area (Å²) in [5, 5.41) is 0.597. The van der Waals surface area contributed by atoms with Gasteiger partial charge in [-0.2, -0.15) is 0 Å². The van der Waals surface area contributed by atoms with Crippen molar-refractivity contribution in [3.8, 4) is 0 Å². The smallest absolute Gasteiger partial charge is 0.136 e. The Morgan fingerprint density at radius 2 is 2.06 bits per heavy atom. The maximum absolute atomic E-state index is 6.11. The van der Waals surface area contributed by atoms with Crippen LogP contribution in [0.15, 0.2) is 6.07 Å². The Labute approximate surface area is 106 Å². The zero-order valence-electron chi connectivity index (χ0n) is 9.60. The van der Waals surface area contributed by atoms with Crippen molar-refractivity contribution >= 4 is 11.6 Å². The van der Waals surface area contributed by atoms with Crippen LogP contribution in [0.4, 0.5) is 0 Å². The van der Waals surface area contributed by atoms with Gasteiger partial charge in [-0.05, 0) is 38.2 Å². The first-order valence-corrected chi connectivity index (χ1v) is 6.87. The van der Waals surface area contributed by atoms with Gasteiger partial charge in [0, 0.05) is 17.5 Å². The van der Waals surface area contributed by atoms with Crippen LogP contribution in [0.3, 0.4) is 0 Å². The standard InChI is InChI=1S/C13H15ClN2O/c14-12-6-10(7-1-2-7)15-13(16-12)9-5-8-3-4-11(9)17-8/h6-9,11H,1-5H2. The molecule has 3 heterocycles. The predicted octanol–water partition coefficient (Wildman–Crippen LogP) is 3.04. The van der Waals surface area contributed by atoms with E-state index in [2.05, 4.69) is 4.98 Å². The number of aromatic nitrogens is 2. The summed E-state index contributed by atoms with van der Waals surface area (Å²) in [6.45, 7) is 0. The average molecular weight is 251 g/mol. The van der Waals surface area contributed by atoms with E-state index in [0.29, 0.717) is 29.2 Å². The maximum Gasteiger partial charge on any atom is 0.136 e. The van der Waals surface area contributed by atoms with E-state index in [4.69, 9.17) is 21.3 Å². The number of halogens is 1. The predicted molar refractivity (Wildman–Crippen MR) is 64.3 cm³/mol. The molecule has 2 bridgehead atoms. The molecule has 1 aliphatic carbocycles. The molecule has 90 valence electrons. The van der Waals surface area contributed by atoms with Crippen molar-refractivity contribution in [2.45, 2.75) is 56.1 Å². The van der Waals surface area contributed by atoms with E-state index in [1.165, 1.54) is 19.3 Å². The fourth-order valence-electron chi connectivity index (χ4n) is 3.12. The Morgan fingerprint density at radius 3 is 2.71 bits per heavy atom. The van der Waals surface area contributed by atoms with Crippen molar-refractivity contribution in [1.82, 2.24) is 9.97 Å². The highest BCUT2D eigenvalue weighted by Crippen LogP contribution is 2.45. The molecule has 0 radical (unpaired) electrons. The van der Waals surface area contributed by atoms with E-state index in [1.54, 1.807) is 0 Å². The number of rotatable bonds is 2. The summed E-state index contributed by atoms with van der Waals surface area (Å²) < 4.78 is 5.87. The molecule has 0 spiro atoms. The molecule has 4 rings (SSSR count). The highest BCUT2D eigenvalue weighted by Gasteiger charge is 2.43. The van der Waals surface area contributed by atoms with Crippen LogP contribution in [0, 0.1) is 0 Å². The molecule has 2 aliphatic heterocycles. The third-order valence-electron chi connectivity index (χ3n) is 4.17. The van der Waals surface area contributed by atoms with Gasteiger partial charge in [-0.1, -0.05) is 11.6 Å². The summed E-state index contributed by atoms with van der Waals surface area (Å²) in [7, 11) is 0. The molecule has 3 unspecified atom stereocenters. The van der Waals surface area contributed by atoms with Gasteiger partial charge in [0.1, 0.15) is 11.0 Å². The first-order valence-electron chi connectivity index (χ1n) is 6.49. The zero-order valence-corrected chi connectivity index (χ0v) is 10.4. The second-order valence-electron chi connectivity index (χ2n) is 5.46. The van der Waals surface area contributed by atoms with Gasteiger partial charge in [0.15, 0.2) is 0 Å². The molecule has 3 nitrogen and oxygen atoms in total. The van der Waals surface area contributed by atoms with Crippen LogP contribution < -0.4 is 0 Å². The van der Waals surface area contributed by atoms with Gasteiger partial charge >= 0.3 is 0 Å². The van der Waals surface area contributed by atoms with E-state index in [1.807, 2.05) is 6.07 Å². The molecule has 17 heavy (non-hydrogen) atoms. The Morgan fingerprint density at radius 1 is 1.18 bits per heavy atom. The van der Waals surface area contributed by atoms with Crippen LogP contribution in [0.1, 0.15) is 55.5 Å². The highest BCUT2D eigenvalue weighted by molar-refractivity contribution is 6.29. The normalized spacial score (nSPS) is 35.5. The largest absolute Gasteiger partial charge is 0.374 e. The molecular weight excluding hydrogens is 236 g/mol. The summed E-state index contributed by atoms with van der Waals surface area (Å²) >= 11 is 6.11. The Hall–Kier alpha value is -0.670. The van der Waals surface area contributed by atoms with Gasteiger partial charge in [-0.25, -0.2) is 9.97 Å². The zero-order chi connectivity index (χ0) is 11.4. The summed E-state index contributed by atoms with van der Waals surface area (Å²) in [6.07, 6.45) is 6.72. The fraction of sp³-hybridized carbons (Fsp3) is 0.692. The van der Waals surface area contributed by atoms with Gasteiger partial charge in [-0.3, -0.25) is 0 Å². The minimum Gasteiger partial charge on any atom is -0.374 e. The lowest BCUT2D eigenvalue weighted by molar-refractivity contribution is 0.0998. The lowest BCUT2D eigenvalue weighted by Gasteiger charge is -2.17. The van der Waals surface area contributed by atoms with Crippen LogP contribution in [-0.4, -0.2) is 22.2 Å². The molecule has 0 aromatic carbocycles. The van der Waals surface area contributed by atoms with Gasteiger partial charge in [0.05, 0.1) is 12.2 Å². The number of hydrogen-bond acceptors (Lipinski definition) is 3. The second kappa shape index (κ2) is 3.66. The number of hydrogen-bond donors (Lipinski definition) is 0. The molecule has 3 atom stereocenters. The summed E-state index contributed by atoms with van der Waals surface area (Å²) in [5.41, 5.74) is 1.14. The minimum atomic E-state index is 0.338. The first-order chi connectivity index (χ1) is 8.29. The molecule has 0 N–H and O–H groups in total. The Bertz CT molecular complexity index is 461. The monoisotopic (exact) mass is 250 g/mol. The van der Waals surface area contributed by atoms with Gasteiger partial charge in [0.2, 0.25) is 0 Å². The van der Waals surface area contributed by atoms with Crippen LogP contribution >= 0.6 is 11.6 Å². The molecule has 3 aliphatic rings. The third-order valence-corrected chi connectivity index (χ3v) is 4.36. The molecule has 2 saturated heterocycles. The summed E-state index contributed by atoms with van der Waals surface area (Å²) in [6, 6.07) is 1.93. The third kappa shape index (κ3) is 1.76. The average Bonchev–Trinajstić information content (AvgIpc) is 2.97. The molecule has 4 heteroatoms. The van der Waals surface area contributed by atoms with Gasteiger partial charge in [-0.15, -0.1) is 0 Å². The lowest BCUT2D eigenvalue weighted by atomic mass is 9.88. The van der Waals surface area contributed by atoms with Crippen molar-refractivity contribution in [3.05, 3.63) is 22.7 Å². The number of ether oxygens (including phenoxy) is 1. The molecule has 1 aromatic rings. The first kappa shape index (κ1) is 10.3. The van der Waals surface area contributed by atoms with Crippen molar-refractivity contribution in [1.29, 1.82) is 0 Å². The van der Waals surface area contributed by atoms with Crippen LogP contribution in [0.5, 0.6) is 0 Å². The quantitative estimate of drug-likeness (QED) is 0.757. The molecule has 1 aromatic heterocycles. The fourth-order valence-corrected chi connectivity index (χ4v) is 3.32. The van der Waals surface area contributed by atoms with E-state index < -0.39 is 0 Å². The molecule has 3 fully saturated rings. The SMILES string of the molecule is Clc1cc(C2CC2)nc(C2CC3CCC2O3)n1. The van der Waals surface area contributed by atoms with Crippen molar-refractivity contribution in [2.24, 2.45) is 0 Å². The van der Waals surface area contributed by atoms with E-state index >= 15 is 0 Å². The van der Waals surface area contributed by atoms with E-state index in [9.17, 15) is 0 Å². The molecular formula is C13H15ClN2O. The van der Waals surface area contributed by atoms with E-state index in [0.717, 1.165) is 24.4 Å². The van der Waals surface area contributed by atoms with Crippen LogP contribution in [0.25, 0.3) is 0 Å². The highest BCUT2D eigenvalue weighted by atomic mass is 35.5. The molecule has 0 amide bonds.